The Morgan fingerprint density at radius 1 is 1.43 bits per heavy atom. The van der Waals surface area contributed by atoms with Crippen molar-refractivity contribution in [2.24, 2.45) is 7.05 Å². The van der Waals surface area contributed by atoms with Crippen molar-refractivity contribution in [2.75, 3.05) is 18.5 Å². The van der Waals surface area contributed by atoms with E-state index < -0.39 is 0 Å². The fraction of sp³-hybridized carbons (Fsp3) is 0.533. The van der Waals surface area contributed by atoms with Gasteiger partial charge >= 0.3 is 0 Å². The van der Waals surface area contributed by atoms with Crippen LogP contribution < -0.4 is 5.32 Å². The highest BCUT2D eigenvalue weighted by molar-refractivity contribution is 5.65. The Hall–Kier alpha value is -1.95. The maximum absolute atomic E-state index is 5.60. The van der Waals surface area contributed by atoms with Gasteiger partial charge in [0.15, 0.2) is 0 Å². The fourth-order valence-electron chi connectivity index (χ4n) is 2.74. The van der Waals surface area contributed by atoms with Gasteiger partial charge in [-0.2, -0.15) is 5.10 Å². The van der Waals surface area contributed by atoms with E-state index in [1.807, 2.05) is 24.7 Å². The molecule has 21 heavy (non-hydrogen) atoms. The molecule has 3 heterocycles. The maximum Gasteiger partial charge on any atom is 0.223 e. The van der Waals surface area contributed by atoms with E-state index in [-0.39, 0.29) is 6.10 Å². The van der Waals surface area contributed by atoms with Gasteiger partial charge in [0.2, 0.25) is 5.95 Å². The molecule has 2 aromatic rings. The van der Waals surface area contributed by atoms with Crippen LogP contribution in [0.25, 0.3) is 11.3 Å². The van der Waals surface area contributed by atoms with Crippen LogP contribution >= 0.6 is 0 Å². The number of aromatic nitrogens is 4. The van der Waals surface area contributed by atoms with E-state index >= 15 is 0 Å². The molecule has 3 rings (SSSR count). The molecule has 0 spiro atoms. The molecule has 0 aliphatic carbocycles. The molecule has 2 aromatic heterocycles. The van der Waals surface area contributed by atoms with Gasteiger partial charge in [0, 0.05) is 37.7 Å². The smallest absolute Gasteiger partial charge is 0.223 e. The van der Waals surface area contributed by atoms with Gasteiger partial charge in [-0.05, 0) is 32.8 Å². The number of anilines is 1. The average Bonchev–Trinajstić information content (AvgIpc) is 3.06. The van der Waals surface area contributed by atoms with Crippen LogP contribution in [0.3, 0.4) is 0 Å². The minimum absolute atomic E-state index is 0.277. The van der Waals surface area contributed by atoms with Gasteiger partial charge in [0.1, 0.15) is 0 Å². The lowest BCUT2D eigenvalue weighted by molar-refractivity contribution is 0.120. The second-order valence-electron chi connectivity index (χ2n) is 5.45. The largest absolute Gasteiger partial charge is 0.376 e. The summed E-state index contributed by atoms with van der Waals surface area (Å²) < 4.78 is 7.48. The van der Waals surface area contributed by atoms with Gasteiger partial charge in [-0.1, -0.05) is 0 Å². The molecule has 0 radical (unpaired) electrons. The molecule has 1 fully saturated rings. The summed E-state index contributed by atoms with van der Waals surface area (Å²) in [7, 11) is 1.95. The number of ether oxygens (including phenoxy) is 1. The SMILES string of the molecule is Cc1nn(C)c(C)c1-c1ccnc(NCC2CCCO2)n1. The van der Waals surface area contributed by atoms with E-state index in [2.05, 4.69) is 27.3 Å². The van der Waals surface area contributed by atoms with Gasteiger partial charge in [-0.15, -0.1) is 0 Å². The molecular weight excluding hydrogens is 266 g/mol. The topological polar surface area (TPSA) is 64.9 Å². The van der Waals surface area contributed by atoms with Crippen molar-refractivity contribution in [1.82, 2.24) is 19.7 Å². The first-order chi connectivity index (χ1) is 10.1. The number of nitrogens with zero attached hydrogens (tertiary/aromatic N) is 4. The third kappa shape index (κ3) is 2.90. The van der Waals surface area contributed by atoms with Crippen molar-refractivity contribution in [3.63, 3.8) is 0 Å². The van der Waals surface area contributed by atoms with E-state index in [4.69, 9.17) is 4.74 Å². The third-order valence-electron chi connectivity index (χ3n) is 3.93. The van der Waals surface area contributed by atoms with Crippen LogP contribution in [-0.2, 0) is 11.8 Å². The molecule has 0 amide bonds. The highest BCUT2D eigenvalue weighted by Gasteiger charge is 2.16. The predicted octanol–water partition coefficient (Wildman–Crippen LogP) is 2.08. The summed E-state index contributed by atoms with van der Waals surface area (Å²) in [5, 5.41) is 7.71. The Kier molecular flexibility index (Phi) is 3.88. The summed E-state index contributed by atoms with van der Waals surface area (Å²) in [6.07, 6.45) is 4.31. The molecule has 1 aliphatic rings. The Morgan fingerprint density at radius 3 is 2.95 bits per heavy atom. The second-order valence-corrected chi connectivity index (χ2v) is 5.45. The molecule has 0 saturated carbocycles. The van der Waals surface area contributed by atoms with E-state index in [1.54, 1.807) is 6.20 Å². The van der Waals surface area contributed by atoms with Gasteiger partial charge < -0.3 is 10.1 Å². The van der Waals surface area contributed by atoms with Crippen LogP contribution in [0.15, 0.2) is 12.3 Å². The van der Waals surface area contributed by atoms with Crippen LogP contribution in [0, 0.1) is 13.8 Å². The molecule has 6 heteroatoms. The third-order valence-corrected chi connectivity index (χ3v) is 3.93. The predicted molar refractivity (Wildman–Crippen MR) is 81.2 cm³/mol. The first-order valence-corrected chi connectivity index (χ1v) is 7.34. The van der Waals surface area contributed by atoms with E-state index in [0.717, 1.165) is 48.6 Å². The molecule has 1 N–H and O–H groups in total. The lowest BCUT2D eigenvalue weighted by Crippen LogP contribution is -2.19. The van der Waals surface area contributed by atoms with Crippen molar-refractivity contribution in [3.8, 4) is 11.3 Å². The minimum atomic E-state index is 0.277. The summed E-state index contributed by atoms with van der Waals surface area (Å²) in [5.41, 5.74) is 4.08. The second kappa shape index (κ2) is 5.81. The normalized spacial score (nSPS) is 18.1. The van der Waals surface area contributed by atoms with Crippen LogP contribution in [0.2, 0.25) is 0 Å². The van der Waals surface area contributed by atoms with Crippen LogP contribution in [0.1, 0.15) is 24.2 Å². The number of nitrogens with one attached hydrogen (secondary N) is 1. The van der Waals surface area contributed by atoms with Gasteiger partial charge in [0.25, 0.3) is 0 Å². The average molecular weight is 287 g/mol. The first kappa shape index (κ1) is 14.0. The molecule has 1 saturated heterocycles. The van der Waals surface area contributed by atoms with Crippen molar-refractivity contribution < 1.29 is 4.74 Å². The Bertz CT molecular complexity index is 631. The van der Waals surface area contributed by atoms with Crippen LogP contribution in [0.4, 0.5) is 5.95 Å². The van der Waals surface area contributed by atoms with Gasteiger partial charge in [-0.25, -0.2) is 9.97 Å². The summed E-state index contributed by atoms with van der Waals surface area (Å²) in [4.78, 5) is 8.89. The van der Waals surface area contributed by atoms with E-state index in [1.165, 1.54) is 0 Å². The number of aryl methyl sites for hydroxylation is 2. The minimum Gasteiger partial charge on any atom is -0.376 e. The van der Waals surface area contributed by atoms with E-state index in [0.29, 0.717) is 5.95 Å². The zero-order chi connectivity index (χ0) is 14.8. The zero-order valence-electron chi connectivity index (χ0n) is 12.8. The lowest BCUT2D eigenvalue weighted by Gasteiger charge is -2.11. The Morgan fingerprint density at radius 2 is 2.29 bits per heavy atom. The molecule has 112 valence electrons. The molecule has 1 atom stereocenters. The Labute approximate surface area is 124 Å². The van der Waals surface area contributed by atoms with Crippen LogP contribution in [-0.4, -0.2) is 39.0 Å². The molecule has 1 unspecified atom stereocenters. The quantitative estimate of drug-likeness (QED) is 0.932. The molecular formula is C15H21N5O. The zero-order valence-corrected chi connectivity index (χ0v) is 12.8. The highest BCUT2D eigenvalue weighted by Crippen LogP contribution is 2.25. The maximum atomic E-state index is 5.60. The highest BCUT2D eigenvalue weighted by atomic mass is 16.5. The van der Waals surface area contributed by atoms with Crippen LogP contribution in [0.5, 0.6) is 0 Å². The summed E-state index contributed by atoms with van der Waals surface area (Å²) in [6, 6.07) is 1.92. The summed E-state index contributed by atoms with van der Waals surface area (Å²) in [6.45, 7) is 5.68. The molecule has 0 bridgehead atoms. The first-order valence-electron chi connectivity index (χ1n) is 7.34. The lowest BCUT2D eigenvalue weighted by atomic mass is 10.1. The van der Waals surface area contributed by atoms with Crippen molar-refractivity contribution in [1.29, 1.82) is 0 Å². The number of rotatable bonds is 4. The standard InChI is InChI=1S/C15H21N5O/c1-10-14(11(2)20(3)19-10)13-6-7-16-15(18-13)17-9-12-5-4-8-21-12/h6-7,12H,4-5,8-9H2,1-3H3,(H,16,17,18). The monoisotopic (exact) mass is 287 g/mol. The van der Waals surface area contributed by atoms with Crippen molar-refractivity contribution in [3.05, 3.63) is 23.7 Å². The van der Waals surface area contributed by atoms with Gasteiger partial charge in [0.05, 0.1) is 17.5 Å². The van der Waals surface area contributed by atoms with Crippen molar-refractivity contribution >= 4 is 5.95 Å². The van der Waals surface area contributed by atoms with Gasteiger partial charge in [-0.3, -0.25) is 4.68 Å². The summed E-state index contributed by atoms with van der Waals surface area (Å²) >= 11 is 0. The summed E-state index contributed by atoms with van der Waals surface area (Å²) in [5.74, 6) is 0.644. The number of hydrogen-bond acceptors (Lipinski definition) is 5. The molecule has 0 aromatic carbocycles. The fourth-order valence-corrected chi connectivity index (χ4v) is 2.74. The molecule has 1 aliphatic heterocycles. The Balaban J connectivity index is 1.79. The number of hydrogen-bond donors (Lipinski definition) is 1. The van der Waals surface area contributed by atoms with E-state index in [9.17, 15) is 0 Å². The van der Waals surface area contributed by atoms with Crippen molar-refractivity contribution in [2.45, 2.75) is 32.8 Å². The molecule has 6 nitrogen and oxygen atoms in total.